The van der Waals surface area contributed by atoms with E-state index in [-0.39, 0.29) is 17.9 Å². The van der Waals surface area contributed by atoms with Crippen LogP contribution in [0.15, 0.2) is 54.6 Å². The Morgan fingerprint density at radius 2 is 1.96 bits per heavy atom. The summed E-state index contributed by atoms with van der Waals surface area (Å²) in [6, 6.07) is 11.9. The summed E-state index contributed by atoms with van der Waals surface area (Å²) >= 11 is 0. The first-order valence-electron chi connectivity index (χ1n) is 8.25. The highest BCUT2D eigenvalue weighted by Crippen LogP contribution is 2.50. The Labute approximate surface area is 144 Å². The second kappa shape index (κ2) is 5.83. The van der Waals surface area contributed by atoms with Crippen molar-refractivity contribution in [3.05, 3.63) is 71.3 Å². The van der Waals surface area contributed by atoms with Gasteiger partial charge in [-0.15, -0.1) is 0 Å². The van der Waals surface area contributed by atoms with Crippen molar-refractivity contribution in [1.82, 2.24) is 0 Å². The lowest BCUT2D eigenvalue weighted by Gasteiger charge is -2.38. The van der Waals surface area contributed by atoms with E-state index in [2.05, 4.69) is 11.4 Å². The van der Waals surface area contributed by atoms with Crippen LogP contribution in [0.5, 0.6) is 5.75 Å². The van der Waals surface area contributed by atoms with Gasteiger partial charge in [0.2, 0.25) is 0 Å². The number of hydrogen-bond acceptors (Lipinski definition) is 2. The molecular formula is C20H18F3NO. The first-order valence-corrected chi connectivity index (χ1v) is 8.25. The Kier molecular flexibility index (Phi) is 3.74. The van der Waals surface area contributed by atoms with Gasteiger partial charge >= 0.3 is 6.18 Å². The molecule has 0 saturated heterocycles. The van der Waals surface area contributed by atoms with Crippen molar-refractivity contribution in [3.63, 3.8) is 0 Å². The van der Waals surface area contributed by atoms with E-state index in [9.17, 15) is 13.2 Å². The molecular weight excluding hydrogens is 327 g/mol. The molecule has 130 valence electrons. The van der Waals surface area contributed by atoms with Gasteiger partial charge in [0, 0.05) is 11.6 Å². The zero-order chi connectivity index (χ0) is 17.6. The van der Waals surface area contributed by atoms with Gasteiger partial charge in [0.05, 0.1) is 18.7 Å². The van der Waals surface area contributed by atoms with Crippen LogP contribution in [0.4, 0.5) is 18.9 Å². The third kappa shape index (κ3) is 2.77. The number of alkyl halides is 3. The number of halogens is 3. The molecule has 1 aliphatic carbocycles. The minimum atomic E-state index is -4.32. The summed E-state index contributed by atoms with van der Waals surface area (Å²) in [5, 5.41) is 3.45. The Morgan fingerprint density at radius 3 is 2.72 bits per heavy atom. The molecule has 0 unspecified atom stereocenters. The summed E-state index contributed by atoms with van der Waals surface area (Å²) in [5.41, 5.74) is 2.00. The number of fused-ring (bicyclic) bond motifs is 3. The van der Waals surface area contributed by atoms with Crippen molar-refractivity contribution in [1.29, 1.82) is 0 Å². The highest BCUT2D eigenvalue weighted by atomic mass is 19.4. The highest BCUT2D eigenvalue weighted by molar-refractivity contribution is 5.61. The maximum atomic E-state index is 13.1. The lowest BCUT2D eigenvalue weighted by Crippen LogP contribution is -2.29. The molecule has 1 N–H and O–H groups in total. The van der Waals surface area contributed by atoms with Gasteiger partial charge in [0.1, 0.15) is 5.75 Å². The molecule has 0 aromatic heterocycles. The van der Waals surface area contributed by atoms with Crippen LogP contribution in [0.25, 0.3) is 0 Å². The van der Waals surface area contributed by atoms with Gasteiger partial charge in [-0.1, -0.05) is 24.3 Å². The molecule has 25 heavy (non-hydrogen) atoms. The zero-order valence-corrected chi connectivity index (χ0v) is 13.7. The van der Waals surface area contributed by atoms with Crippen LogP contribution in [0.3, 0.4) is 0 Å². The number of anilines is 1. The van der Waals surface area contributed by atoms with Crippen molar-refractivity contribution in [2.75, 3.05) is 12.4 Å². The van der Waals surface area contributed by atoms with Gasteiger partial charge in [-0.3, -0.25) is 0 Å². The standard InChI is InChI=1S/C20H18F3NO/c1-25-14-5-2-4-12(10-14)19-16-7-3-6-15(16)17-11-13(20(21,22)23)8-9-18(17)24-19/h2-6,8-11,15-16,19,24H,7H2,1H3/t15-,16-,19+/m1/s1. The van der Waals surface area contributed by atoms with Gasteiger partial charge in [-0.25, -0.2) is 0 Å². The van der Waals surface area contributed by atoms with E-state index >= 15 is 0 Å². The normalized spacial score (nSPS) is 24.4. The van der Waals surface area contributed by atoms with Crippen LogP contribution in [0.1, 0.15) is 35.1 Å². The second-order valence-electron chi connectivity index (χ2n) is 6.55. The van der Waals surface area contributed by atoms with E-state index in [1.807, 2.05) is 30.3 Å². The fraction of sp³-hybridized carbons (Fsp3) is 0.300. The third-order valence-electron chi connectivity index (χ3n) is 5.14. The quantitative estimate of drug-likeness (QED) is 0.722. The summed E-state index contributed by atoms with van der Waals surface area (Å²) in [6.45, 7) is 0. The Balaban J connectivity index is 1.76. The predicted octanol–water partition coefficient (Wildman–Crippen LogP) is 5.54. The Bertz CT molecular complexity index is 828. The van der Waals surface area contributed by atoms with Crippen molar-refractivity contribution in [3.8, 4) is 5.75 Å². The molecule has 2 aromatic rings. The van der Waals surface area contributed by atoms with Crippen LogP contribution in [0.2, 0.25) is 0 Å². The lowest BCUT2D eigenvalue weighted by atomic mass is 9.76. The van der Waals surface area contributed by atoms with Gasteiger partial charge in [-0.2, -0.15) is 13.2 Å². The van der Waals surface area contributed by atoms with E-state index in [4.69, 9.17) is 4.74 Å². The fourth-order valence-electron chi connectivity index (χ4n) is 3.94. The third-order valence-corrected chi connectivity index (χ3v) is 5.14. The lowest BCUT2D eigenvalue weighted by molar-refractivity contribution is -0.137. The zero-order valence-electron chi connectivity index (χ0n) is 13.7. The number of nitrogens with one attached hydrogen (secondary N) is 1. The second-order valence-corrected chi connectivity index (χ2v) is 6.55. The Hall–Kier alpha value is -2.43. The maximum absolute atomic E-state index is 13.1. The topological polar surface area (TPSA) is 21.3 Å². The fourth-order valence-corrected chi connectivity index (χ4v) is 3.94. The van der Waals surface area contributed by atoms with Crippen molar-refractivity contribution in [2.45, 2.75) is 24.6 Å². The molecule has 3 atom stereocenters. The molecule has 0 radical (unpaired) electrons. The molecule has 1 aliphatic heterocycles. The van der Waals surface area contributed by atoms with Gasteiger partial charge < -0.3 is 10.1 Å². The number of rotatable bonds is 2. The van der Waals surface area contributed by atoms with Crippen LogP contribution in [-0.2, 0) is 6.18 Å². The first-order chi connectivity index (χ1) is 12.0. The molecule has 0 spiro atoms. The van der Waals surface area contributed by atoms with E-state index in [0.29, 0.717) is 0 Å². The molecule has 2 aromatic carbocycles. The van der Waals surface area contributed by atoms with Gasteiger partial charge in [0.25, 0.3) is 0 Å². The van der Waals surface area contributed by atoms with Gasteiger partial charge in [-0.05, 0) is 53.8 Å². The molecule has 2 nitrogen and oxygen atoms in total. The number of hydrogen-bond donors (Lipinski definition) is 1. The minimum absolute atomic E-state index is 0.00486. The van der Waals surface area contributed by atoms with Crippen molar-refractivity contribution in [2.24, 2.45) is 5.92 Å². The summed E-state index contributed by atoms with van der Waals surface area (Å²) < 4.78 is 44.5. The van der Waals surface area contributed by atoms with E-state index in [0.717, 1.165) is 35.1 Å². The molecule has 2 aliphatic rings. The smallest absolute Gasteiger partial charge is 0.416 e. The van der Waals surface area contributed by atoms with Crippen molar-refractivity contribution >= 4 is 5.69 Å². The Morgan fingerprint density at radius 1 is 1.12 bits per heavy atom. The molecule has 0 bridgehead atoms. The van der Waals surface area contributed by atoms with Crippen LogP contribution < -0.4 is 10.1 Å². The highest BCUT2D eigenvalue weighted by Gasteiger charge is 2.40. The van der Waals surface area contributed by atoms with Crippen LogP contribution in [0, 0.1) is 5.92 Å². The largest absolute Gasteiger partial charge is 0.497 e. The summed E-state index contributed by atoms with van der Waals surface area (Å²) in [7, 11) is 1.63. The molecule has 0 fully saturated rings. The minimum Gasteiger partial charge on any atom is -0.497 e. The average molecular weight is 345 g/mol. The van der Waals surface area contributed by atoms with E-state index in [1.165, 1.54) is 6.07 Å². The monoisotopic (exact) mass is 345 g/mol. The molecule has 1 heterocycles. The summed E-state index contributed by atoms with van der Waals surface area (Å²) in [4.78, 5) is 0. The molecule has 5 heteroatoms. The molecule has 4 rings (SSSR count). The summed E-state index contributed by atoms with van der Waals surface area (Å²) in [6.07, 6.45) is 0.628. The number of methoxy groups -OCH3 is 1. The average Bonchev–Trinajstić information content (AvgIpc) is 3.10. The van der Waals surface area contributed by atoms with Crippen molar-refractivity contribution < 1.29 is 17.9 Å². The van der Waals surface area contributed by atoms with Crippen LogP contribution in [-0.4, -0.2) is 7.11 Å². The van der Waals surface area contributed by atoms with E-state index in [1.54, 1.807) is 13.2 Å². The maximum Gasteiger partial charge on any atom is 0.416 e. The summed E-state index contributed by atoms with van der Waals surface area (Å²) in [5.74, 6) is 0.970. The number of ether oxygens (including phenoxy) is 1. The molecule has 0 amide bonds. The van der Waals surface area contributed by atoms with Crippen LogP contribution >= 0.6 is 0 Å². The van der Waals surface area contributed by atoms with Gasteiger partial charge in [0.15, 0.2) is 0 Å². The SMILES string of the molecule is COc1cccc([C@@H]2Nc3ccc(C(F)(F)F)cc3[C@@H]3C=CC[C@H]32)c1. The van der Waals surface area contributed by atoms with E-state index < -0.39 is 11.7 Å². The predicted molar refractivity (Wildman–Crippen MR) is 90.8 cm³/mol. The number of benzene rings is 2. The number of allylic oxidation sites excluding steroid dienone is 2. The molecule has 0 saturated carbocycles. The first kappa shape index (κ1) is 16.1.